The molecule has 2 aromatic heterocycles. The highest BCUT2D eigenvalue weighted by molar-refractivity contribution is 7.15. The van der Waals surface area contributed by atoms with Gasteiger partial charge in [0.2, 0.25) is 5.88 Å². The van der Waals surface area contributed by atoms with Crippen molar-refractivity contribution in [1.29, 1.82) is 0 Å². The molecular weight excluding hydrogens is 289 g/mol. The Labute approximate surface area is 126 Å². The van der Waals surface area contributed by atoms with Gasteiger partial charge in [-0.2, -0.15) is 4.98 Å². The zero-order chi connectivity index (χ0) is 14.7. The Morgan fingerprint density at radius 3 is 3.05 bits per heavy atom. The molecule has 3 aromatic rings. The summed E-state index contributed by atoms with van der Waals surface area (Å²) in [4.78, 5) is 5.28. The number of halogens is 1. The summed E-state index contributed by atoms with van der Waals surface area (Å²) in [5.41, 5.74) is 0.906. The van der Waals surface area contributed by atoms with Crippen molar-refractivity contribution in [2.24, 2.45) is 0 Å². The van der Waals surface area contributed by atoms with E-state index in [1.54, 1.807) is 18.2 Å². The lowest BCUT2D eigenvalue weighted by Crippen LogP contribution is -2.15. The van der Waals surface area contributed by atoms with Crippen LogP contribution >= 0.6 is 11.3 Å². The van der Waals surface area contributed by atoms with Crippen LogP contribution in [0.15, 0.2) is 35.8 Å². The van der Waals surface area contributed by atoms with Gasteiger partial charge in [0, 0.05) is 18.1 Å². The predicted octanol–water partition coefficient (Wildman–Crippen LogP) is 3.83. The highest BCUT2D eigenvalue weighted by Crippen LogP contribution is 2.29. The summed E-state index contributed by atoms with van der Waals surface area (Å²) in [5.74, 6) is 0.261. The number of para-hydroxylation sites is 1. The number of fused-ring (bicyclic) bond motifs is 1. The Kier molecular flexibility index (Phi) is 4.17. The first kappa shape index (κ1) is 14.0. The third kappa shape index (κ3) is 2.91. The van der Waals surface area contributed by atoms with E-state index in [1.807, 2.05) is 16.0 Å². The van der Waals surface area contributed by atoms with Crippen molar-refractivity contribution in [2.45, 2.75) is 19.9 Å². The average Bonchev–Trinajstić information content (AvgIpc) is 3.04. The zero-order valence-electron chi connectivity index (χ0n) is 11.7. The second kappa shape index (κ2) is 6.24. The number of aromatic nitrogens is 2. The van der Waals surface area contributed by atoms with Crippen LogP contribution < -0.4 is 10.1 Å². The molecule has 0 saturated heterocycles. The molecule has 4 nitrogen and oxygen atoms in total. The van der Waals surface area contributed by atoms with E-state index >= 15 is 0 Å². The first-order valence-corrected chi connectivity index (χ1v) is 7.75. The van der Waals surface area contributed by atoms with Gasteiger partial charge in [0.05, 0.1) is 0 Å². The van der Waals surface area contributed by atoms with Crippen LogP contribution in [0.4, 0.5) is 4.39 Å². The van der Waals surface area contributed by atoms with Crippen molar-refractivity contribution in [2.75, 3.05) is 6.54 Å². The minimum atomic E-state index is -0.388. The molecule has 6 heteroatoms. The van der Waals surface area contributed by atoms with E-state index in [0.717, 1.165) is 23.6 Å². The summed E-state index contributed by atoms with van der Waals surface area (Å²) < 4.78 is 21.4. The summed E-state index contributed by atoms with van der Waals surface area (Å²) in [6, 6.07) is 6.36. The van der Waals surface area contributed by atoms with Crippen molar-refractivity contribution in [3.8, 4) is 11.6 Å². The van der Waals surface area contributed by atoms with Crippen molar-refractivity contribution in [3.63, 3.8) is 0 Å². The van der Waals surface area contributed by atoms with Crippen LogP contribution in [0.2, 0.25) is 0 Å². The molecule has 0 bridgehead atoms. The summed E-state index contributed by atoms with van der Waals surface area (Å²) in [6.07, 6.45) is 3.00. The summed E-state index contributed by atoms with van der Waals surface area (Å²) in [7, 11) is 0. The predicted molar refractivity (Wildman–Crippen MR) is 81.5 cm³/mol. The quantitative estimate of drug-likeness (QED) is 0.704. The van der Waals surface area contributed by atoms with E-state index in [0.29, 0.717) is 12.4 Å². The highest BCUT2D eigenvalue weighted by atomic mass is 32.1. The molecule has 0 radical (unpaired) electrons. The van der Waals surface area contributed by atoms with Crippen LogP contribution in [0.1, 0.15) is 19.0 Å². The van der Waals surface area contributed by atoms with Gasteiger partial charge in [0.15, 0.2) is 16.5 Å². The van der Waals surface area contributed by atoms with Crippen molar-refractivity contribution in [1.82, 2.24) is 14.7 Å². The fourth-order valence-corrected chi connectivity index (χ4v) is 2.80. The maximum Gasteiger partial charge on any atom is 0.243 e. The maximum absolute atomic E-state index is 13.7. The molecule has 0 unspecified atom stereocenters. The lowest BCUT2D eigenvalue weighted by atomic mass is 10.3. The number of ether oxygens (including phenoxy) is 1. The lowest BCUT2D eigenvalue weighted by Gasteiger charge is -2.07. The minimum absolute atomic E-state index is 0.194. The Morgan fingerprint density at radius 2 is 2.24 bits per heavy atom. The highest BCUT2D eigenvalue weighted by Gasteiger charge is 2.16. The van der Waals surface area contributed by atoms with Gasteiger partial charge in [-0.15, -0.1) is 11.3 Å². The second-order valence-electron chi connectivity index (χ2n) is 4.63. The van der Waals surface area contributed by atoms with Gasteiger partial charge >= 0.3 is 0 Å². The Balaban J connectivity index is 1.91. The number of nitrogens with one attached hydrogen (secondary N) is 1. The second-order valence-corrected chi connectivity index (χ2v) is 5.50. The molecule has 0 aliphatic heterocycles. The van der Waals surface area contributed by atoms with Crippen LogP contribution in [-0.4, -0.2) is 15.9 Å². The third-order valence-electron chi connectivity index (χ3n) is 3.09. The van der Waals surface area contributed by atoms with Gasteiger partial charge in [-0.05, 0) is 25.1 Å². The molecule has 2 heterocycles. The fourth-order valence-electron chi connectivity index (χ4n) is 2.07. The van der Waals surface area contributed by atoms with E-state index in [1.165, 1.54) is 17.4 Å². The Morgan fingerprint density at radius 1 is 1.38 bits per heavy atom. The molecule has 1 aromatic carbocycles. The first-order valence-electron chi connectivity index (χ1n) is 6.87. The van der Waals surface area contributed by atoms with Gasteiger partial charge in [-0.1, -0.05) is 19.1 Å². The molecule has 3 rings (SSSR count). The van der Waals surface area contributed by atoms with Crippen LogP contribution in [0.25, 0.3) is 4.96 Å². The number of thiazole rings is 1. The van der Waals surface area contributed by atoms with E-state index in [9.17, 15) is 4.39 Å². The molecule has 0 amide bonds. The van der Waals surface area contributed by atoms with Gasteiger partial charge < -0.3 is 10.1 Å². The summed E-state index contributed by atoms with van der Waals surface area (Å²) in [6.45, 7) is 3.66. The van der Waals surface area contributed by atoms with Gasteiger partial charge in [0.1, 0.15) is 5.69 Å². The number of rotatable bonds is 6. The summed E-state index contributed by atoms with van der Waals surface area (Å²) in [5, 5.41) is 5.30. The average molecular weight is 305 g/mol. The minimum Gasteiger partial charge on any atom is -0.434 e. The van der Waals surface area contributed by atoms with Crippen LogP contribution in [-0.2, 0) is 6.54 Å². The number of hydrogen-bond donors (Lipinski definition) is 1. The molecule has 0 atom stereocenters. The first-order chi connectivity index (χ1) is 10.3. The molecule has 110 valence electrons. The number of imidazole rings is 1. The molecule has 0 aliphatic rings. The Hall–Kier alpha value is -1.92. The topological polar surface area (TPSA) is 38.6 Å². The van der Waals surface area contributed by atoms with Crippen LogP contribution in [0, 0.1) is 5.82 Å². The van der Waals surface area contributed by atoms with E-state index < -0.39 is 0 Å². The van der Waals surface area contributed by atoms with E-state index in [4.69, 9.17) is 4.74 Å². The molecule has 0 saturated carbocycles. The standard InChI is InChI=1S/C15H16FN3OS/c1-2-7-17-10-12-14(18-15-19(12)8-9-21-15)20-13-6-4-3-5-11(13)16/h3-6,8-9,17H,2,7,10H2,1H3. The summed E-state index contributed by atoms with van der Waals surface area (Å²) >= 11 is 1.53. The monoisotopic (exact) mass is 305 g/mol. The van der Waals surface area contributed by atoms with Gasteiger partial charge in [-0.25, -0.2) is 4.39 Å². The fraction of sp³-hybridized carbons (Fsp3) is 0.267. The zero-order valence-corrected chi connectivity index (χ0v) is 12.5. The molecule has 0 fully saturated rings. The normalized spacial score (nSPS) is 11.1. The SMILES string of the molecule is CCCNCc1c(Oc2ccccc2F)nc2sccn12. The van der Waals surface area contributed by atoms with Crippen molar-refractivity contribution in [3.05, 3.63) is 47.4 Å². The van der Waals surface area contributed by atoms with Crippen LogP contribution in [0.3, 0.4) is 0 Å². The van der Waals surface area contributed by atoms with E-state index in [2.05, 4.69) is 17.2 Å². The van der Waals surface area contributed by atoms with Gasteiger partial charge in [-0.3, -0.25) is 4.40 Å². The Bertz CT molecular complexity index is 737. The largest absolute Gasteiger partial charge is 0.434 e. The van der Waals surface area contributed by atoms with Crippen LogP contribution in [0.5, 0.6) is 11.6 Å². The van der Waals surface area contributed by atoms with Gasteiger partial charge in [0.25, 0.3) is 0 Å². The molecule has 21 heavy (non-hydrogen) atoms. The van der Waals surface area contributed by atoms with E-state index in [-0.39, 0.29) is 11.6 Å². The molecular formula is C15H16FN3OS. The number of hydrogen-bond acceptors (Lipinski definition) is 4. The number of nitrogens with zero attached hydrogens (tertiary/aromatic N) is 2. The lowest BCUT2D eigenvalue weighted by molar-refractivity contribution is 0.422. The van der Waals surface area contributed by atoms with Crippen molar-refractivity contribution < 1.29 is 9.13 Å². The molecule has 1 N–H and O–H groups in total. The smallest absolute Gasteiger partial charge is 0.243 e. The number of benzene rings is 1. The molecule has 0 aliphatic carbocycles. The maximum atomic E-state index is 13.7. The third-order valence-corrected chi connectivity index (χ3v) is 3.84. The molecule has 0 spiro atoms. The van der Waals surface area contributed by atoms with Crippen molar-refractivity contribution >= 4 is 16.3 Å².